The number of imide groups is 1. The van der Waals surface area contributed by atoms with Gasteiger partial charge in [0.1, 0.15) is 5.54 Å². The zero-order chi connectivity index (χ0) is 18.9. The number of nitrogens with one attached hydrogen (secondary N) is 1. The predicted octanol–water partition coefficient (Wildman–Crippen LogP) is 2.60. The molecule has 1 aromatic carbocycles. The van der Waals surface area contributed by atoms with Gasteiger partial charge in [0.2, 0.25) is 5.91 Å². The van der Waals surface area contributed by atoms with Gasteiger partial charge >= 0.3 is 6.03 Å². The summed E-state index contributed by atoms with van der Waals surface area (Å²) in [5.41, 5.74) is 1.48. The van der Waals surface area contributed by atoms with Gasteiger partial charge in [-0.15, -0.1) is 0 Å². The number of urea groups is 1. The first-order chi connectivity index (χ1) is 12.3. The van der Waals surface area contributed by atoms with E-state index in [2.05, 4.69) is 29.6 Å². The number of amides is 4. The van der Waals surface area contributed by atoms with Crippen molar-refractivity contribution in [2.24, 2.45) is 0 Å². The van der Waals surface area contributed by atoms with Crippen LogP contribution in [0.4, 0.5) is 4.79 Å². The molecule has 26 heavy (non-hydrogen) atoms. The highest BCUT2D eigenvalue weighted by molar-refractivity contribution is 6.06. The number of hydrogen-bond donors (Lipinski definition) is 1. The summed E-state index contributed by atoms with van der Waals surface area (Å²) in [4.78, 5) is 39.9. The van der Waals surface area contributed by atoms with Gasteiger partial charge < -0.3 is 10.2 Å². The van der Waals surface area contributed by atoms with Crippen LogP contribution in [0.5, 0.6) is 0 Å². The van der Waals surface area contributed by atoms with Gasteiger partial charge in [0, 0.05) is 25.6 Å². The number of nitrogens with zero attached hydrogens (tertiary/aromatic N) is 2. The second kappa shape index (κ2) is 7.09. The molecule has 2 aliphatic rings. The Balaban J connectivity index is 1.53. The van der Waals surface area contributed by atoms with Crippen LogP contribution in [0.15, 0.2) is 24.3 Å². The van der Waals surface area contributed by atoms with Crippen LogP contribution in [-0.4, -0.2) is 45.8 Å². The van der Waals surface area contributed by atoms with Crippen molar-refractivity contribution in [3.05, 3.63) is 35.4 Å². The summed E-state index contributed by atoms with van der Waals surface area (Å²) in [5.74, 6) is -0.131. The van der Waals surface area contributed by atoms with Crippen molar-refractivity contribution in [3.63, 3.8) is 0 Å². The number of aryl methyl sites for hydroxylation is 1. The molecule has 2 fully saturated rings. The monoisotopic (exact) mass is 357 g/mol. The molecule has 1 saturated carbocycles. The highest BCUT2D eigenvalue weighted by Gasteiger charge is 2.43. The molecule has 1 aliphatic heterocycles. The van der Waals surface area contributed by atoms with Gasteiger partial charge in [0.25, 0.3) is 5.91 Å². The van der Waals surface area contributed by atoms with Crippen LogP contribution < -0.4 is 5.32 Å². The summed E-state index contributed by atoms with van der Waals surface area (Å²) in [6.45, 7) is 6.33. The molecule has 6 heteroatoms. The van der Waals surface area contributed by atoms with E-state index in [1.807, 2.05) is 11.8 Å². The molecule has 6 nitrogen and oxygen atoms in total. The Labute approximate surface area is 154 Å². The summed E-state index contributed by atoms with van der Waals surface area (Å²) in [6, 6.07) is 8.21. The maximum atomic E-state index is 12.7. The Morgan fingerprint density at radius 2 is 1.88 bits per heavy atom. The molecular formula is C20H27N3O3. The smallest absolute Gasteiger partial charge is 0.325 e. The summed E-state index contributed by atoms with van der Waals surface area (Å²) < 4.78 is 0. The molecule has 1 heterocycles. The lowest BCUT2D eigenvalue weighted by Gasteiger charge is -2.23. The molecule has 1 aromatic rings. The van der Waals surface area contributed by atoms with E-state index in [4.69, 9.17) is 0 Å². The molecule has 3 rings (SSSR count). The first-order valence-corrected chi connectivity index (χ1v) is 9.27. The van der Waals surface area contributed by atoms with Crippen molar-refractivity contribution in [3.8, 4) is 0 Å². The van der Waals surface area contributed by atoms with Crippen molar-refractivity contribution < 1.29 is 14.4 Å². The van der Waals surface area contributed by atoms with Gasteiger partial charge in [-0.1, -0.05) is 29.8 Å². The van der Waals surface area contributed by atoms with E-state index in [-0.39, 0.29) is 24.4 Å². The Hall–Kier alpha value is -2.37. The van der Waals surface area contributed by atoms with E-state index < -0.39 is 5.54 Å². The standard InChI is InChI=1S/C20H27N3O3/c1-14-6-8-15(9-7-14)13-23(16-10-11-16)17(24)5-4-12-22-18(25)20(2,3)21-19(22)26/h6-9,16H,4-5,10-13H2,1-3H3,(H,21,26). The van der Waals surface area contributed by atoms with E-state index in [1.54, 1.807) is 13.8 Å². The average molecular weight is 357 g/mol. The van der Waals surface area contributed by atoms with Crippen LogP contribution in [0, 0.1) is 6.92 Å². The lowest BCUT2D eigenvalue weighted by molar-refractivity contribution is -0.134. The number of rotatable bonds is 7. The van der Waals surface area contributed by atoms with Gasteiger partial charge in [-0.25, -0.2) is 4.79 Å². The van der Waals surface area contributed by atoms with Gasteiger partial charge in [-0.2, -0.15) is 0 Å². The molecule has 0 radical (unpaired) electrons. The van der Waals surface area contributed by atoms with E-state index in [0.717, 1.165) is 18.4 Å². The lowest BCUT2D eigenvalue weighted by Crippen LogP contribution is -2.40. The van der Waals surface area contributed by atoms with E-state index >= 15 is 0 Å². The fraction of sp³-hybridized carbons (Fsp3) is 0.550. The Morgan fingerprint density at radius 1 is 1.23 bits per heavy atom. The van der Waals surface area contributed by atoms with Crippen LogP contribution in [-0.2, 0) is 16.1 Å². The molecule has 0 unspecified atom stereocenters. The van der Waals surface area contributed by atoms with Crippen LogP contribution in [0.2, 0.25) is 0 Å². The lowest BCUT2D eigenvalue weighted by atomic mass is 10.1. The molecule has 0 spiro atoms. The molecule has 1 aliphatic carbocycles. The van der Waals surface area contributed by atoms with Crippen molar-refractivity contribution in [1.82, 2.24) is 15.1 Å². The van der Waals surface area contributed by atoms with Crippen molar-refractivity contribution in [1.29, 1.82) is 0 Å². The normalized spacial score (nSPS) is 18.8. The molecule has 0 bridgehead atoms. The average Bonchev–Trinajstić information content (AvgIpc) is 3.38. The first-order valence-electron chi connectivity index (χ1n) is 9.27. The number of hydrogen-bond acceptors (Lipinski definition) is 3. The third-order valence-electron chi connectivity index (χ3n) is 5.00. The highest BCUT2D eigenvalue weighted by Crippen LogP contribution is 2.29. The van der Waals surface area contributed by atoms with Gasteiger partial charge in [0.15, 0.2) is 0 Å². The summed E-state index contributed by atoms with van der Waals surface area (Å²) in [7, 11) is 0. The van der Waals surface area contributed by atoms with Gasteiger partial charge in [-0.3, -0.25) is 14.5 Å². The van der Waals surface area contributed by atoms with Crippen molar-refractivity contribution in [2.75, 3.05) is 6.54 Å². The topological polar surface area (TPSA) is 69.7 Å². The fourth-order valence-electron chi connectivity index (χ4n) is 3.25. The molecule has 1 N–H and O–H groups in total. The van der Waals surface area contributed by atoms with E-state index in [9.17, 15) is 14.4 Å². The Morgan fingerprint density at radius 3 is 2.42 bits per heavy atom. The zero-order valence-electron chi connectivity index (χ0n) is 15.7. The Bertz CT molecular complexity index is 708. The van der Waals surface area contributed by atoms with Gasteiger partial charge in [-0.05, 0) is 45.6 Å². The Kier molecular flexibility index (Phi) is 5.03. The van der Waals surface area contributed by atoms with Crippen LogP contribution in [0.3, 0.4) is 0 Å². The minimum absolute atomic E-state index is 0.0967. The molecule has 140 valence electrons. The fourth-order valence-corrected chi connectivity index (χ4v) is 3.25. The van der Waals surface area contributed by atoms with Crippen LogP contribution >= 0.6 is 0 Å². The van der Waals surface area contributed by atoms with E-state index in [0.29, 0.717) is 25.4 Å². The first kappa shape index (κ1) is 18.4. The minimum atomic E-state index is -0.855. The maximum Gasteiger partial charge on any atom is 0.325 e. The second-order valence-electron chi connectivity index (χ2n) is 7.85. The predicted molar refractivity (Wildman–Crippen MR) is 98.3 cm³/mol. The quantitative estimate of drug-likeness (QED) is 0.763. The van der Waals surface area contributed by atoms with Crippen molar-refractivity contribution >= 4 is 17.8 Å². The number of carbonyl (C=O) groups is 3. The number of carbonyl (C=O) groups excluding carboxylic acids is 3. The van der Waals surface area contributed by atoms with Crippen LogP contribution in [0.25, 0.3) is 0 Å². The SMILES string of the molecule is Cc1ccc(CN(C(=O)CCCN2C(=O)NC(C)(C)C2=O)C2CC2)cc1. The molecule has 0 atom stereocenters. The van der Waals surface area contributed by atoms with Crippen molar-refractivity contribution in [2.45, 2.75) is 64.6 Å². The molecule has 0 aromatic heterocycles. The number of benzene rings is 1. The second-order valence-corrected chi connectivity index (χ2v) is 7.85. The molecular weight excluding hydrogens is 330 g/mol. The highest BCUT2D eigenvalue weighted by atomic mass is 16.2. The van der Waals surface area contributed by atoms with Crippen LogP contribution in [0.1, 0.15) is 50.7 Å². The van der Waals surface area contributed by atoms with E-state index in [1.165, 1.54) is 10.5 Å². The molecule has 1 saturated heterocycles. The minimum Gasteiger partial charge on any atom is -0.335 e. The summed E-state index contributed by atoms with van der Waals surface area (Å²) in [6.07, 6.45) is 2.95. The molecule has 4 amide bonds. The maximum absolute atomic E-state index is 12.7. The largest absolute Gasteiger partial charge is 0.335 e. The third kappa shape index (κ3) is 4.06. The summed E-state index contributed by atoms with van der Waals surface area (Å²) >= 11 is 0. The van der Waals surface area contributed by atoms with Gasteiger partial charge in [0.05, 0.1) is 0 Å². The summed E-state index contributed by atoms with van der Waals surface area (Å²) in [5, 5.41) is 2.66. The third-order valence-corrected chi connectivity index (χ3v) is 5.00. The zero-order valence-corrected chi connectivity index (χ0v) is 15.7.